The molecule has 0 fully saturated rings. The maximum atomic E-state index is 11.2. The third-order valence-corrected chi connectivity index (χ3v) is 1.52. The van der Waals surface area contributed by atoms with Crippen molar-refractivity contribution in [3.63, 3.8) is 0 Å². The highest BCUT2D eigenvalue weighted by Crippen LogP contribution is 2.25. The minimum Gasteiger partial charge on any atom is -0.575 e. The minimum atomic E-state index is -1.15. The largest absolute Gasteiger partial charge is 0.575 e. The van der Waals surface area contributed by atoms with Gasteiger partial charge in [-0.3, -0.25) is 0 Å². The van der Waals surface area contributed by atoms with Gasteiger partial charge < -0.3 is 14.6 Å². The second-order valence-electron chi connectivity index (χ2n) is 3.15. The van der Waals surface area contributed by atoms with Crippen LogP contribution in [0, 0.1) is 0 Å². The van der Waals surface area contributed by atoms with E-state index in [2.05, 4.69) is 6.58 Å². The van der Waals surface area contributed by atoms with Crippen molar-refractivity contribution in [2.24, 2.45) is 0 Å². The zero-order valence-electron chi connectivity index (χ0n) is 7.62. The van der Waals surface area contributed by atoms with Crippen molar-refractivity contribution in [1.82, 2.24) is 0 Å². The van der Waals surface area contributed by atoms with E-state index in [0.29, 0.717) is 0 Å². The summed E-state index contributed by atoms with van der Waals surface area (Å²) in [4.78, 5) is 11.2. The van der Waals surface area contributed by atoms with E-state index in [1.165, 1.54) is 19.9 Å². The fraction of sp³-hybridized carbons (Fsp3) is 0.444. The number of carbonyl (C=O) groups excluding carboxylic acids is 1. The first-order valence-corrected chi connectivity index (χ1v) is 3.89. The molecule has 0 saturated carbocycles. The van der Waals surface area contributed by atoms with Gasteiger partial charge in [0.05, 0.1) is 11.5 Å². The summed E-state index contributed by atoms with van der Waals surface area (Å²) >= 11 is 0. The van der Waals surface area contributed by atoms with Crippen LogP contribution in [0.3, 0.4) is 0 Å². The third-order valence-electron chi connectivity index (χ3n) is 1.52. The summed E-state index contributed by atoms with van der Waals surface area (Å²) in [6.45, 7) is 6.44. The quantitative estimate of drug-likeness (QED) is 0.460. The summed E-state index contributed by atoms with van der Waals surface area (Å²) in [6.07, 6.45) is 1.63. The molecule has 4 heteroatoms. The molecule has 0 spiro atoms. The number of hydrogen-bond acceptors (Lipinski definition) is 4. The van der Waals surface area contributed by atoms with Crippen LogP contribution in [0.1, 0.15) is 20.3 Å². The molecular weight excluding hydrogens is 172 g/mol. The lowest BCUT2D eigenvalue weighted by molar-refractivity contribution is -0.394. The van der Waals surface area contributed by atoms with E-state index < -0.39 is 17.7 Å². The highest BCUT2D eigenvalue weighted by molar-refractivity contribution is 5.89. The van der Waals surface area contributed by atoms with Crippen molar-refractivity contribution in [3.05, 3.63) is 24.2 Å². The normalized spacial score (nSPS) is 20.6. The van der Waals surface area contributed by atoms with E-state index in [0.717, 1.165) is 0 Å². The Morgan fingerprint density at radius 2 is 2.15 bits per heavy atom. The van der Waals surface area contributed by atoms with E-state index in [1.807, 2.05) is 0 Å². The Morgan fingerprint density at radius 3 is 2.62 bits per heavy atom. The topological polar surface area (TPSA) is 58.6 Å². The lowest BCUT2D eigenvalue weighted by atomic mass is 10.2. The van der Waals surface area contributed by atoms with Crippen LogP contribution >= 0.6 is 0 Å². The van der Waals surface area contributed by atoms with Crippen molar-refractivity contribution in [2.75, 3.05) is 0 Å². The monoisotopic (exact) mass is 183 g/mol. The molecule has 72 valence electrons. The van der Waals surface area contributed by atoms with Gasteiger partial charge in [-0.05, 0) is 20.3 Å². The van der Waals surface area contributed by atoms with Crippen molar-refractivity contribution in [2.45, 2.75) is 26.1 Å². The Morgan fingerprint density at radius 1 is 1.54 bits per heavy atom. The summed E-state index contributed by atoms with van der Waals surface area (Å²) in [5, 5.41) is 11.2. The summed E-state index contributed by atoms with van der Waals surface area (Å²) in [5.41, 5.74) is -0.00525. The van der Waals surface area contributed by atoms with Gasteiger partial charge in [0.25, 0.3) is 0 Å². The molecule has 0 amide bonds. The van der Waals surface area contributed by atoms with Crippen molar-refractivity contribution >= 4 is 5.97 Å². The van der Waals surface area contributed by atoms with Gasteiger partial charge in [0.1, 0.15) is 0 Å². The number of cyclic esters (lactones) is 1. The van der Waals surface area contributed by atoms with Crippen LogP contribution in [0.5, 0.6) is 0 Å². The first-order chi connectivity index (χ1) is 5.96. The van der Waals surface area contributed by atoms with E-state index in [1.54, 1.807) is 0 Å². The zero-order valence-corrected chi connectivity index (χ0v) is 7.62. The maximum Gasteiger partial charge on any atom is 0.337 e. The molecule has 1 aliphatic heterocycles. The summed E-state index contributed by atoms with van der Waals surface area (Å²) in [7, 11) is 0. The Balaban J connectivity index is 2.94. The van der Waals surface area contributed by atoms with Crippen LogP contribution in [0.4, 0.5) is 0 Å². The van der Waals surface area contributed by atoms with Crippen LogP contribution in [0.15, 0.2) is 24.2 Å². The average molecular weight is 183 g/mol. The number of allylic oxidation sites excluding steroid dienone is 1. The third kappa shape index (κ3) is 2.02. The molecular formula is C9H11O4-. The van der Waals surface area contributed by atoms with Gasteiger partial charge in [0, 0.05) is 0 Å². The van der Waals surface area contributed by atoms with Crippen LogP contribution in [0.2, 0.25) is 0 Å². The predicted molar refractivity (Wildman–Crippen MR) is 43.1 cm³/mol. The van der Waals surface area contributed by atoms with Gasteiger partial charge in [-0.25, -0.2) is 4.79 Å². The van der Waals surface area contributed by atoms with Crippen LogP contribution in [-0.2, 0) is 14.3 Å². The molecule has 0 radical (unpaired) electrons. The van der Waals surface area contributed by atoms with E-state index >= 15 is 0 Å². The number of hydrogen-bond donors (Lipinski definition) is 0. The molecule has 0 saturated heterocycles. The smallest absolute Gasteiger partial charge is 0.337 e. The highest BCUT2D eigenvalue weighted by Gasteiger charge is 2.27. The molecule has 1 heterocycles. The van der Waals surface area contributed by atoms with E-state index in [9.17, 15) is 9.90 Å². The second-order valence-corrected chi connectivity index (χ2v) is 3.15. The number of rotatable bonds is 2. The van der Waals surface area contributed by atoms with E-state index in [-0.39, 0.29) is 12.0 Å². The molecule has 4 nitrogen and oxygen atoms in total. The standard InChI is InChI=1S/C9H12O4/c1-4-5-6-7(10)12-9(2,3)13-8(6)11/h4,10H,1,5H2,2-3H3/p-1. The second kappa shape index (κ2) is 3.12. The zero-order chi connectivity index (χ0) is 10.1. The first-order valence-electron chi connectivity index (χ1n) is 3.89. The molecule has 0 bridgehead atoms. The molecule has 0 aromatic heterocycles. The Hall–Kier alpha value is -1.45. The molecule has 0 N–H and O–H groups in total. The SMILES string of the molecule is C=CCC1=C([O-])OC(C)(C)OC1=O. The van der Waals surface area contributed by atoms with Gasteiger partial charge in [-0.15, -0.1) is 6.58 Å². The van der Waals surface area contributed by atoms with Crippen LogP contribution < -0.4 is 5.11 Å². The molecule has 0 aromatic rings. The van der Waals surface area contributed by atoms with Gasteiger partial charge in [0.2, 0.25) is 0 Å². The molecule has 0 aromatic carbocycles. The fourth-order valence-corrected chi connectivity index (χ4v) is 0.985. The Bertz CT molecular complexity index is 275. The molecule has 0 unspecified atom stereocenters. The predicted octanol–water partition coefficient (Wildman–Crippen LogP) is 0.444. The molecule has 0 aliphatic carbocycles. The van der Waals surface area contributed by atoms with Crippen molar-refractivity contribution in [1.29, 1.82) is 0 Å². The van der Waals surface area contributed by atoms with Crippen LogP contribution in [0.25, 0.3) is 0 Å². The lowest BCUT2D eigenvalue weighted by Gasteiger charge is -2.39. The van der Waals surface area contributed by atoms with Crippen molar-refractivity contribution < 1.29 is 19.4 Å². The summed E-state index contributed by atoms with van der Waals surface area (Å²) < 4.78 is 9.68. The Kier molecular flexibility index (Phi) is 2.32. The van der Waals surface area contributed by atoms with E-state index in [4.69, 9.17) is 9.47 Å². The van der Waals surface area contributed by atoms with Gasteiger partial charge >= 0.3 is 5.97 Å². The summed E-state index contributed by atoms with van der Waals surface area (Å²) in [5.74, 6) is -2.40. The minimum absolute atomic E-state index is 0.00525. The fourth-order valence-electron chi connectivity index (χ4n) is 0.985. The van der Waals surface area contributed by atoms with Crippen LogP contribution in [-0.4, -0.2) is 11.8 Å². The first kappa shape index (κ1) is 9.64. The van der Waals surface area contributed by atoms with Gasteiger partial charge in [0.15, 0.2) is 5.79 Å². The maximum absolute atomic E-state index is 11.2. The Labute approximate surface area is 76.5 Å². The number of carbonyl (C=O) groups is 1. The molecule has 0 atom stereocenters. The van der Waals surface area contributed by atoms with Crippen molar-refractivity contribution in [3.8, 4) is 0 Å². The average Bonchev–Trinajstić information content (AvgIpc) is 1.94. The number of esters is 1. The lowest BCUT2D eigenvalue weighted by Crippen LogP contribution is -2.39. The van der Waals surface area contributed by atoms with Gasteiger partial charge in [-0.2, -0.15) is 0 Å². The van der Waals surface area contributed by atoms with Gasteiger partial charge in [-0.1, -0.05) is 6.08 Å². The molecule has 13 heavy (non-hydrogen) atoms. The molecule has 1 aliphatic rings. The highest BCUT2D eigenvalue weighted by atomic mass is 16.8. The number of ether oxygens (including phenoxy) is 2. The summed E-state index contributed by atoms with van der Waals surface area (Å²) in [6, 6.07) is 0. The molecule has 1 rings (SSSR count).